The zero-order valence-corrected chi connectivity index (χ0v) is 9.16. The third kappa shape index (κ3) is 3.70. The van der Waals surface area contributed by atoms with Gasteiger partial charge in [-0.1, -0.05) is 20.8 Å². The Hall–Kier alpha value is -1.16. The number of nitrogens with zero attached hydrogens (tertiary/aromatic N) is 1. The molecule has 1 aromatic rings. The van der Waals surface area contributed by atoms with Crippen LogP contribution in [-0.2, 0) is 5.41 Å². The van der Waals surface area contributed by atoms with Crippen molar-refractivity contribution in [3.63, 3.8) is 0 Å². The Kier molecular flexibility index (Phi) is 5.09. The van der Waals surface area contributed by atoms with Crippen molar-refractivity contribution in [3.8, 4) is 0 Å². The number of nitrogens with one attached hydrogen (secondary N) is 1. The standard InChI is InChI=1S/C8H12N2O.C2H6O/c1-8(2,3)7-6(4-11)9-5-10-7;1-2-3/h4-5H,1-3H3,(H,9,10);3H,2H2,1H3. The Labute approximate surface area is 84.4 Å². The fourth-order valence-electron chi connectivity index (χ4n) is 0.995. The maximum absolute atomic E-state index is 10.5. The van der Waals surface area contributed by atoms with Gasteiger partial charge >= 0.3 is 0 Å². The molecule has 0 unspecified atom stereocenters. The number of H-pyrrole nitrogens is 1. The molecule has 2 N–H and O–H groups in total. The van der Waals surface area contributed by atoms with Crippen LogP contribution in [0.3, 0.4) is 0 Å². The summed E-state index contributed by atoms with van der Waals surface area (Å²) in [4.78, 5) is 17.3. The van der Waals surface area contributed by atoms with Crippen LogP contribution in [0.1, 0.15) is 43.9 Å². The average molecular weight is 198 g/mol. The van der Waals surface area contributed by atoms with Gasteiger partial charge in [-0.2, -0.15) is 0 Å². The Bertz CT molecular complexity index is 274. The molecule has 0 saturated carbocycles. The molecule has 0 aliphatic heterocycles. The Morgan fingerprint density at radius 1 is 1.57 bits per heavy atom. The van der Waals surface area contributed by atoms with Gasteiger partial charge in [-0.3, -0.25) is 4.79 Å². The van der Waals surface area contributed by atoms with Crippen molar-refractivity contribution in [1.29, 1.82) is 0 Å². The van der Waals surface area contributed by atoms with Crippen LogP contribution in [0, 0.1) is 0 Å². The summed E-state index contributed by atoms with van der Waals surface area (Å²) in [6.45, 7) is 8.04. The third-order valence-corrected chi connectivity index (χ3v) is 1.53. The summed E-state index contributed by atoms with van der Waals surface area (Å²) in [6, 6.07) is 0. The molecule has 0 spiro atoms. The van der Waals surface area contributed by atoms with E-state index in [4.69, 9.17) is 5.11 Å². The second kappa shape index (κ2) is 5.54. The van der Waals surface area contributed by atoms with Gasteiger partial charge < -0.3 is 10.1 Å². The zero-order chi connectivity index (χ0) is 11.2. The molecule has 0 aliphatic carbocycles. The number of aldehydes is 1. The summed E-state index contributed by atoms with van der Waals surface area (Å²) in [7, 11) is 0. The molecule has 0 radical (unpaired) electrons. The SMILES string of the molecule is CC(C)(C)c1[nH]cnc1C=O.CCO. The minimum absolute atomic E-state index is 0.0350. The first kappa shape index (κ1) is 12.8. The van der Waals surface area contributed by atoms with Crippen LogP contribution in [0.25, 0.3) is 0 Å². The maximum Gasteiger partial charge on any atom is 0.170 e. The first-order valence-electron chi connectivity index (χ1n) is 4.57. The van der Waals surface area contributed by atoms with Gasteiger partial charge in [0, 0.05) is 12.0 Å². The van der Waals surface area contributed by atoms with Gasteiger partial charge in [0.1, 0.15) is 5.69 Å². The second-order valence-electron chi connectivity index (χ2n) is 3.85. The summed E-state index contributed by atoms with van der Waals surface area (Å²) in [6.07, 6.45) is 2.32. The first-order chi connectivity index (χ1) is 6.47. The van der Waals surface area contributed by atoms with E-state index in [1.807, 2.05) is 20.8 Å². The van der Waals surface area contributed by atoms with Crippen molar-refractivity contribution in [2.45, 2.75) is 33.1 Å². The van der Waals surface area contributed by atoms with Crippen molar-refractivity contribution >= 4 is 6.29 Å². The van der Waals surface area contributed by atoms with Gasteiger partial charge in [0.15, 0.2) is 6.29 Å². The summed E-state index contributed by atoms with van der Waals surface area (Å²) in [5, 5.41) is 7.57. The van der Waals surface area contributed by atoms with Gasteiger partial charge in [-0.05, 0) is 6.92 Å². The van der Waals surface area contributed by atoms with Gasteiger partial charge in [0.2, 0.25) is 0 Å². The number of hydrogen-bond donors (Lipinski definition) is 2. The quantitative estimate of drug-likeness (QED) is 0.672. The predicted octanol–water partition coefficient (Wildman–Crippen LogP) is 1.52. The van der Waals surface area contributed by atoms with E-state index in [9.17, 15) is 4.79 Å². The predicted molar refractivity (Wildman–Crippen MR) is 55.4 cm³/mol. The molecule has 1 aromatic heterocycles. The number of rotatable bonds is 1. The smallest absolute Gasteiger partial charge is 0.170 e. The van der Waals surface area contributed by atoms with Crippen LogP contribution in [0.15, 0.2) is 6.33 Å². The molecule has 4 heteroatoms. The van der Waals surface area contributed by atoms with Crippen molar-refractivity contribution in [3.05, 3.63) is 17.7 Å². The van der Waals surface area contributed by atoms with Crippen LogP contribution in [-0.4, -0.2) is 28.0 Å². The molecular formula is C10H18N2O2. The van der Waals surface area contributed by atoms with E-state index in [1.54, 1.807) is 13.3 Å². The lowest BCUT2D eigenvalue weighted by molar-refractivity contribution is 0.111. The van der Waals surface area contributed by atoms with Crippen LogP contribution < -0.4 is 0 Å². The molecule has 1 rings (SSSR count). The lowest BCUT2D eigenvalue weighted by Gasteiger charge is -2.16. The van der Waals surface area contributed by atoms with Crippen LogP contribution in [0.2, 0.25) is 0 Å². The van der Waals surface area contributed by atoms with Crippen LogP contribution in [0.4, 0.5) is 0 Å². The van der Waals surface area contributed by atoms with Crippen molar-refractivity contribution in [2.75, 3.05) is 6.61 Å². The largest absolute Gasteiger partial charge is 0.397 e. The first-order valence-corrected chi connectivity index (χ1v) is 4.57. The molecule has 0 atom stereocenters. The average Bonchev–Trinajstić information content (AvgIpc) is 2.51. The molecule has 0 saturated heterocycles. The number of aromatic nitrogens is 2. The van der Waals surface area contributed by atoms with Gasteiger partial charge in [0.05, 0.1) is 12.0 Å². The topological polar surface area (TPSA) is 66.0 Å². The number of aliphatic hydroxyl groups excluding tert-OH is 1. The number of aliphatic hydroxyl groups is 1. The van der Waals surface area contributed by atoms with Crippen LogP contribution >= 0.6 is 0 Å². The minimum atomic E-state index is -0.0350. The molecule has 0 aliphatic rings. The molecule has 0 fully saturated rings. The van der Waals surface area contributed by atoms with Crippen LogP contribution in [0.5, 0.6) is 0 Å². The molecule has 0 amide bonds. The van der Waals surface area contributed by atoms with Gasteiger partial charge in [0.25, 0.3) is 0 Å². The van der Waals surface area contributed by atoms with Crippen molar-refractivity contribution < 1.29 is 9.90 Å². The summed E-state index contributed by atoms with van der Waals surface area (Å²) in [5.74, 6) is 0. The number of carbonyl (C=O) groups excluding carboxylic acids is 1. The van der Waals surface area contributed by atoms with E-state index in [0.29, 0.717) is 5.69 Å². The monoisotopic (exact) mass is 198 g/mol. The van der Waals surface area contributed by atoms with E-state index >= 15 is 0 Å². The van der Waals surface area contributed by atoms with E-state index < -0.39 is 0 Å². The molecule has 14 heavy (non-hydrogen) atoms. The van der Waals surface area contributed by atoms with Gasteiger partial charge in [-0.15, -0.1) is 0 Å². The second-order valence-corrected chi connectivity index (χ2v) is 3.85. The molecule has 4 nitrogen and oxygen atoms in total. The Morgan fingerprint density at radius 3 is 2.36 bits per heavy atom. The normalized spacial score (nSPS) is 10.4. The minimum Gasteiger partial charge on any atom is -0.397 e. The molecule has 1 heterocycles. The number of imidazole rings is 1. The zero-order valence-electron chi connectivity index (χ0n) is 9.16. The summed E-state index contributed by atoms with van der Waals surface area (Å²) >= 11 is 0. The van der Waals surface area contributed by atoms with Gasteiger partial charge in [-0.25, -0.2) is 4.98 Å². The van der Waals surface area contributed by atoms with Crippen molar-refractivity contribution in [1.82, 2.24) is 9.97 Å². The fourth-order valence-corrected chi connectivity index (χ4v) is 0.995. The Balaban J connectivity index is 0.000000500. The van der Waals surface area contributed by atoms with Crippen molar-refractivity contribution in [2.24, 2.45) is 0 Å². The highest BCUT2D eigenvalue weighted by Gasteiger charge is 2.19. The molecular weight excluding hydrogens is 180 g/mol. The molecule has 80 valence electrons. The summed E-state index contributed by atoms with van der Waals surface area (Å²) < 4.78 is 0. The Morgan fingerprint density at radius 2 is 2.07 bits per heavy atom. The lowest BCUT2D eigenvalue weighted by atomic mass is 9.91. The number of hydrogen-bond acceptors (Lipinski definition) is 3. The van der Waals surface area contributed by atoms with E-state index in [2.05, 4.69) is 9.97 Å². The van der Waals surface area contributed by atoms with E-state index in [0.717, 1.165) is 12.0 Å². The molecule has 0 bridgehead atoms. The maximum atomic E-state index is 10.5. The number of aromatic amines is 1. The number of carbonyl (C=O) groups is 1. The lowest BCUT2D eigenvalue weighted by Crippen LogP contribution is -2.14. The highest BCUT2D eigenvalue weighted by atomic mass is 16.2. The summed E-state index contributed by atoms with van der Waals surface area (Å²) in [5.41, 5.74) is 1.37. The van der Waals surface area contributed by atoms with E-state index in [-0.39, 0.29) is 12.0 Å². The van der Waals surface area contributed by atoms with E-state index in [1.165, 1.54) is 0 Å². The third-order valence-electron chi connectivity index (χ3n) is 1.53. The highest BCUT2D eigenvalue weighted by Crippen LogP contribution is 2.21. The molecule has 0 aromatic carbocycles. The highest BCUT2D eigenvalue weighted by molar-refractivity contribution is 5.74. The fraction of sp³-hybridized carbons (Fsp3) is 0.600.